The molecular weight excluding hydrogens is 302 g/mol. The second-order valence-electron chi connectivity index (χ2n) is 5.39. The van der Waals surface area contributed by atoms with E-state index in [2.05, 4.69) is 19.9 Å². The Labute approximate surface area is 134 Å². The molecule has 0 atom stereocenters. The lowest BCUT2D eigenvalue weighted by molar-refractivity contribution is 0.407. The molecule has 3 rings (SSSR count). The van der Waals surface area contributed by atoms with Gasteiger partial charge in [-0.15, -0.1) is 0 Å². The van der Waals surface area contributed by atoms with Crippen molar-refractivity contribution in [2.45, 2.75) is 26.8 Å². The Hall–Kier alpha value is -2.08. The number of hydrogen-bond acceptors (Lipinski definition) is 6. The van der Waals surface area contributed by atoms with Gasteiger partial charge in [0.1, 0.15) is 16.7 Å². The first-order valence-electron chi connectivity index (χ1n) is 7.07. The molecule has 1 aliphatic rings. The van der Waals surface area contributed by atoms with Crippen LogP contribution in [0.2, 0.25) is 5.15 Å². The number of nitrogens with zero attached hydrogens (tertiary/aromatic N) is 4. The number of hydrogen-bond donors (Lipinski definition) is 1. The third kappa shape index (κ3) is 2.43. The fraction of sp³-hybridized carbons (Fsp3) is 0.400. The maximum atomic E-state index is 6.15. The fourth-order valence-electron chi connectivity index (χ4n) is 2.86. The Morgan fingerprint density at radius 2 is 2.14 bits per heavy atom. The summed E-state index contributed by atoms with van der Waals surface area (Å²) in [6.07, 6.45) is 2.65. The van der Waals surface area contributed by atoms with Crippen LogP contribution in [0.25, 0.3) is 0 Å². The highest BCUT2D eigenvalue weighted by molar-refractivity contribution is 6.30. The van der Waals surface area contributed by atoms with Gasteiger partial charge in [-0.2, -0.15) is 4.98 Å². The van der Waals surface area contributed by atoms with Crippen molar-refractivity contribution in [2.75, 3.05) is 24.3 Å². The first kappa shape index (κ1) is 14.8. The van der Waals surface area contributed by atoms with Crippen LogP contribution in [0.4, 0.5) is 11.8 Å². The molecule has 0 unspecified atom stereocenters. The highest BCUT2D eigenvalue weighted by atomic mass is 35.5. The van der Waals surface area contributed by atoms with E-state index in [9.17, 15) is 0 Å². The van der Waals surface area contributed by atoms with Crippen molar-refractivity contribution < 1.29 is 4.74 Å². The van der Waals surface area contributed by atoms with Crippen LogP contribution >= 0.6 is 11.6 Å². The van der Waals surface area contributed by atoms with Crippen LogP contribution in [0.3, 0.4) is 0 Å². The van der Waals surface area contributed by atoms with E-state index in [4.69, 9.17) is 22.1 Å². The quantitative estimate of drug-likeness (QED) is 0.875. The minimum Gasteiger partial charge on any atom is -0.496 e. The molecule has 116 valence electrons. The van der Waals surface area contributed by atoms with E-state index >= 15 is 0 Å². The van der Waals surface area contributed by atoms with Gasteiger partial charge in [0.05, 0.1) is 19.3 Å². The number of anilines is 2. The molecule has 2 aromatic rings. The van der Waals surface area contributed by atoms with Crippen molar-refractivity contribution >= 4 is 23.4 Å². The number of ether oxygens (including phenoxy) is 1. The number of methoxy groups -OCH3 is 1. The van der Waals surface area contributed by atoms with Gasteiger partial charge in [-0.3, -0.25) is 4.98 Å². The number of fused-ring (bicyclic) bond motifs is 1. The highest BCUT2D eigenvalue weighted by Crippen LogP contribution is 2.33. The summed E-state index contributed by atoms with van der Waals surface area (Å²) in [4.78, 5) is 15.0. The van der Waals surface area contributed by atoms with E-state index in [-0.39, 0.29) is 5.95 Å². The average molecular weight is 320 g/mol. The van der Waals surface area contributed by atoms with Gasteiger partial charge in [0.2, 0.25) is 5.95 Å². The molecule has 0 fully saturated rings. The number of rotatable bonds is 3. The second-order valence-corrected chi connectivity index (χ2v) is 5.75. The topological polar surface area (TPSA) is 77.2 Å². The zero-order valence-corrected chi connectivity index (χ0v) is 13.6. The molecule has 0 radical (unpaired) electrons. The molecule has 0 bridgehead atoms. The summed E-state index contributed by atoms with van der Waals surface area (Å²) in [5, 5.41) is 0.441. The Bertz CT molecular complexity index is 734. The van der Waals surface area contributed by atoms with E-state index in [0.717, 1.165) is 46.9 Å². The Kier molecular flexibility index (Phi) is 3.78. The predicted octanol–water partition coefficient (Wildman–Crippen LogP) is 2.30. The molecule has 0 saturated carbocycles. The summed E-state index contributed by atoms with van der Waals surface area (Å²) in [6, 6.07) is 0. The van der Waals surface area contributed by atoms with Crippen molar-refractivity contribution in [3.63, 3.8) is 0 Å². The molecule has 7 heteroatoms. The number of halogens is 1. The lowest BCUT2D eigenvalue weighted by Crippen LogP contribution is -2.22. The summed E-state index contributed by atoms with van der Waals surface area (Å²) < 4.78 is 5.46. The zero-order valence-electron chi connectivity index (χ0n) is 12.9. The first-order chi connectivity index (χ1) is 10.5. The van der Waals surface area contributed by atoms with Gasteiger partial charge in [0.25, 0.3) is 0 Å². The molecule has 2 aromatic heterocycles. The fourth-order valence-corrected chi connectivity index (χ4v) is 3.12. The summed E-state index contributed by atoms with van der Waals surface area (Å²) >= 11 is 6.15. The van der Waals surface area contributed by atoms with Gasteiger partial charge in [0.15, 0.2) is 0 Å². The van der Waals surface area contributed by atoms with Crippen molar-refractivity contribution in [2.24, 2.45) is 0 Å². The Morgan fingerprint density at radius 1 is 1.36 bits per heavy atom. The minimum atomic E-state index is 0.196. The summed E-state index contributed by atoms with van der Waals surface area (Å²) in [5.74, 6) is 1.88. The van der Waals surface area contributed by atoms with Gasteiger partial charge in [-0.25, -0.2) is 4.98 Å². The van der Waals surface area contributed by atoms with E-state index < -0.39 is 0 Å². The van der Waals surface area contributed by atoms with E-state index in [0.29, 0.717) is 11.7 Å². The molecular formula is C15H18ClN5O. The normalized spacial score (nSPS) is 13.4. The van der Waals surface area contributed by atoms with Crippen LogP contribution in [0.15, 0.2) is 6.20 Å². The van der Waals surface area contributed by atoms with E-state index in [1.807, 2.05) is 20.0 Å². The summed E-state index contributed by atoms with van der Waals surface area (Å²) in [5.41, 5.74) is 9.70. The van der Waals surface area contributed by atoms with Gasteiger partial charge in [-0.05, 0) is 20.3 Å². The van der Waals surface area contributed by atoms with Crippen molar-refractivity contribution in [3.8, 4) is 5.75 Å². The molecule has 6 nitrogen and oxygen atoms in total. The maximum Gasteiger partial charge on any atom is 0.223 e. The highest BCUT2D eigenvalue weighted by Gasteiger charge is 2.26. The number of aryl methyl sites for hydroxylation is 1. The molecule has 0 aliphatic carbocycles. The lowest BCUT2D eigenvalue weighted by atomic mass is 10.1. The molecule has 0 spiro atoms. The average Bonchev–Trinajstić information content (AvgIpc) is 2.86. The van der Waals surface area contributed by atoms with Crippen LogP contribution in [0, 0.1) is 13.8 Å². The first-order valence-corrected chi connectivity index (χ1v) is 7.45. The zero-order chi connectivity index (χ0) is 15.9. The van der Waals surface area contributed by atoms with E-state index in [1.54, 1.807) is 7.11 Å². The molecule has 2 N–H and O–H groups in total. The smallest absolute Gasteiger partial charge is 0.223 e. The predicted molar refractivity (Wildman–Crippen MR) is 86.5 cm³/mol. The van der Waals surface area contributed by atoms with Gasteiger partial charge in [0, 0.05) is 29.4 Å². The molecule has 3 heterocycles. The number of nitrogen functional groups attached to an aromatic ring is 1. The van der Waals surface area contributed by atoms with Crippen LogP contribution in [0.5, 0.6) is 5.75 Å². The van der Waals surface area contributed by atoms with Crippen molar-refractivity contribution in [1.82, 2.24) is 15.0 Å². The van der Waals surface area contributed by atoms with Gasteiger partial charge >= 0.3 is 0 Å². The SMILES string of the molecule is COc1c(C)cnc(CN2CCc3c(Cl)nc(N)nc32)c1C. The number of pyridine rings is 1. The Balaban J connectivity index is 1.94. The largest absolute Gasteiger partial charge is 0.496 e. The second kappa shape index (κ2) is 5.61. The third-order valence-electron chi connectivity index (χ3n) is 3.97. The van der Waals surface area contributed by atoms with Crippen molar-refractivity contribution in [3.05, 3.63) is 33.7 Å². The van der Waals surface area contributed by atoms with Crippen LogP contribution < -0.4 is 15.4 Å². The molecule has 0 saturated heterocycles. The van der Waals surface area contributed by atoms with Gasteiger partial charge < -0.3 is 15.4 Å². The van der Waals surface area contributed by atoms with Crippen LogP contribution in [-0.2, 0) is 13.0 Å². The maximum absolute atomic E-state index is 6.15. The number of aromatic nitrogens is 3. The molecule has 0 aromatic carbocycles. The number of nitrogens with two attached hydrogens (primary N) is 1. The molecule has 0 amide bonds. The third-order valence-corrected chi connectivity index (χ3v) is 4.29. The molecule has 1 aliphatic heterocycles. The summed E-state index contributed by atoms with van der Waals surface area (Å²) in [7, 11) is 1.68. The standard InChI is InChI=1S/C15H18ClN5O/c1-8-6-18-11(9(2)12(8)22-3)7-21-5-4-10-13(16)19-15(17)20-14(10)21/h6H,4-5,7H2,1-3H3,(H2,17,19,20). The van der Waals surface area contributed by atoms with Crippen molar-refractivity contribution in [1.29, 1.82) is 0 Å². The van der Waals surface area contributed by atoms with Crippen LogP contribution in [0.1, 0.15) is 22.4 Å². The van der Waals surface area contributed by atoms with E-state index in [1.165, 1.54) is 0 Å². The van der Waals surface area contributed by atoms with Gasteiger partial charge in [-0.1, -0.05) is 11.6 Å². The van der Waals surface area contributed by atoms with Crippen LogP contribution in [-0.4, -0.2) is 28.6 Å². The summed E-state index contributed by atoms with van der Waals surface area (Å²) in [6.45, 7) is 5.47. The molecule has 22 heavy (non-hydrogen) atoms. The monoisotopic (exact) mass is 319 g/mol. The lowest BCUT2D eigenvalue weighted by Gasteiger charge is -2.20. The minimum absolute atomic E-state index is 0.196. The Morgan fingerprint density at radius 3 is 2.86 bits per heavy atom.